The standard InChI is InChI=1S/C26H34N5O7PS/c1-15(2)23(24(33)37-16(3)4)30-39(35,38-20-11-7-9-17-8-5-6-10-18(17)20)36-13-21-19(32)12-22(40-21)31-14-28-25(27)29-26(31)34/h5-11,14-16,19,21-23,32H,12-13H2,1-4H3,(H,30,35)(H2,27,29,34)/t19?,21-,22-,23+,39?/m1/s1. The molecule has 2 heterocycles. The number of aliphatic hydroxyl groups excluding tert-OH is 1. The smallest absolute Gasteiger partial charge is 0.459 e. The molecule has 2 aromatic carbocycles. The molecular formula is C26H34N5O7PS. The largest absolute Gasteiger partial charge is 0.462 e. The van der Waals surface area contributed by atoms with Crippen LogP contribution in [0.15, 0.2) is 53.6 Å². The molecule has 0 aliphatic carbocycles. The lowest BCUT2D eigenvalue weighted by Crippen LogP contribution is -2.42. The highest BCUT2D eigenvalue weighted by molar-refractivity contribution is 8.00. The van der Waals surface area contributed by atoms with E-state index in [1.807, 2.05) is 30.3 Å². The summed E-state index contributed by atoms with van der Waals surface area (Å²) in [5, 5.41) is 14.1. The summed E-state index contributed by atoms with van der Waals surface area (Å²) in [6.07, 6.45) is 0.222. The van der Waals surface area contributed by atoms with Crippen LogP contribution in [-0.2, 0) is 18.6 Å². The number of benzene rings is 2. The number of nitrogen functional groups attached to an aromatic ring is 1. The molecule has 0 saturated carbocycles. The van der Waals surface area contributed by atoms with E-state index in [0.29, 0.717) is 11.1 Å². The zero-order valence-corrected chi connectivity index (χ0v) is 24.4. The lowest BCUT2D eigenvalue weighted by atomic mass is 10.1. The first-order valence-electron chi connectivity index (χ1n) is 12.9. The van der Waals surface area contributed by atoms with E-state index in [9.17, 15) is 19.3 Å². The van der Waals surface area contributed by atoms with E-state index >= 15 is 0 Å². The van der Waals surface area contributed by atoms with Crippen LogP contribution in [0.3, 0.4) is 0 Å². The van der Waals surface area contributed by atoms with Gasteiger partial charge in [-0.05, 0) is 31.2 Å². The third kappa shape index (κ3) is 7.21. The highest BCUT2D eigenvalue weighted by atomic mass is 32.2. The summed E-state index contributed by atoms with van der Waals surface area (Å²) >= 11 is 1.25. The minimum atomic E-state index is -4.22. The Kier molecular flexibility index (Phi) is 9.52. The van der Waals surface area contributed by atoms with Crippen LogP contribution in [0.2, 0.25) is 0 Å². The van der Waals surface area contributed by atoms with E-state index in [1.54, 1.807) is 39.8 Å². The van der Waals surface area contributed by atoms with Gasteiger partial charge in [0.25, 0.3) is 0 Å². The molecule has 5 atom stereocenters. The molecule has 1 aliphatic heterocycles. The summed E-state index contributed by atoms with van der Waals surface area (Å²) in [4.78, 5) is 32.7. The van der Waals surface area contributed by atoms with E-state index in [1.165, 1.54) is 22.7 Å². The minimum Gasteiger partial charge on any atom is -0.462 e. The van der Waals surface area contributed by atoms with Crippen molar-refractivity contribution in [2.75, 3.05) is 12.3 Å². The molecule has 3 aromatic rings. The fourth-order valence-corrected chi connectivity index (χ4v) is 7.43. The van der Waals surface area contributed by atoms with Crippen molar-refractivity contribution in [2.24, 2.45) is 5.92 Å². The Labute approximate surface area is 236 Å². The zero-order chi connectivity index (χ0) is 29.0. The van der Waals surface area contributed by atoms with Crippen molar-refractivity contribution in [1.29, 1.82) is 0 Å². The summed E-state index contributed by atoms with van der Waals surface area (Å²) in [6, 6.07) is 11.8. The Morgan fingerprint density at radius 2 is 1.95 bits per heavy atom. The number of esters is 1. The van der Waals surface area contributed by atoms with Gasteiger partial charge in [0.1, 0.15) is 18.1 Å². The molecule has 1 fully saturated rings. The molecule has 0 radical (unpaired) electrons. The van der Waals surface area contributed by atoms with Gasteiger partial charge in [-0.2, -0.15) is 10.1 Å². The third-order valence-corrected chi connectivity index (χ3v) is 9.26. The van der Waals surface area contributed by atoms with Gasteiger partial charge in [-0.3, -0.25) is 13.9 Å². The maximum absolute atomic E-state index is 14.3. The molecule has 1 aromatic heterocycles. The first kappa shape index (κ1) is 30.0. The quantitative estimate of drug-likeness (QED) is 0.220. The molecule has 0 amide bonds. The van der Waals surface area contributed by atoms with Crippen molar-refractivity contribution in [3.8, 4) is 5.75 Å². The van der Waals surface area contributed by atoms with E-state index in [2.05, 4.69) is 15.1 Å². The van der Waals surface area contributed by atoms with Crippen LogP contribution in [-0.4, -0.2) is 55.7 Å². The van der Waals surface area contributed by atoms with Gasteiger partial charge >= 0.3 is 19.4 Å². The van der Waals surface area contributed by atoms with Crippen molar-refractivity contribution in [2.45, 2.75) is 63.0 Å². The molecule has 1 saturated heterocycles. The Balaban J connectivity index is 1.58. The first-order chi connectivity index (χ1) is 19.0. The highest BCUT2D eigenvalue weighted by Gasteiger charge is 2.41. The second kappa shape index (κ2) is 12.7. The number of fused-ring (bicyclic) bond motifs is 1. The normalized spacial score (nSPS) is 21.4. The fraction of sp³-hybridized carbons (Fsp3) is 0.462. The Morgan fingerprint density at radius 1 is 1.23 bits per heavy atom. The Morgan fingerprint density at radius 3 is 2.65 bits per heavy atom. The number of hydrogen-bond donors (Lipinski definition) is 3. The molecule has 0 bridgehead atoms. The number of aromatic nitrogens is 3. The van der Waals surface area contributed by atoms with Crippen molar-refractivity contribution in [3.05, 3.63) is 59.3 Å². The molecule has 12 nitrogen and oxygen atoms in total. The van der Waals surface area contributed by atoms with Crippen LogP contribution in [0.25, 0.3) is 10.8 Å². The molecule has 0 spiro atoms. The van der Waals surface area contributed by atoms with E-state index in [4.69, 9.17) is 19.5 Å². The van der Waals surface area contributed by atoms with Gasteiger partial charge < -0.3 is 20.1 Å². The second-order valence-electron chi connectivity index (χ2n) is 10.0. The lowest BCUT2D eigenvalue weighted by Gasteiger charge is -2.28. The number of anilines is 1. The zero-order valence-electron chi connectivity index (χ0n) is 22.7. The van der Waals surface area contributed by atoms with E-state index in [0.717, 1.165) is 5.39 Å². The molecule has 4 rings (SSSR count). The summed E-state index contributed by atoms with van der Waals surface area (Å²) in [6.45, 7) is 6.82. The van der Waals surface area contributed by atoms with Gasteiger partial charge in [-0.1, -0.05) is 50.2 Å². The Bertz CT molecular complexity index is 1450. The summed E-state index contributed by atoms with van der Waals surface area (Å²) < 4.78 is 32.9. The molecule has 216 valence electrons. The van der Waals surface area contributed by atoms with Gasteiger partial charge in [-0.15, -0.1) is 11.8 Å². The SMILES string of the molecule is CC(C)OC(=O)[C@@H](NP(=O)(OC[C@H]1S[C@@H](n2cnc(N)nc2=O)CC1O)Oc1cccc2ccccc12)C(C)C. The number of nitrogens with zero attached hydrogens (tertiary/aromatic N) is 3. The van der Waals surface area contributed by atoms with Crippen molar-refractivity contribution in [3.63, 3.8) is 0 Å². The van der Waals surface area contributed by atoms with Crippen molar-refractivity contribution in [1.82, 2.24) is 19.6 Å². The van der Waals surface area contributed by atoms with Crippen LogP contribution in [0, 0.1) is 5.92 Å². The van der Waals surface area contributed by atoms with Crippen molar-refractivity contribution < 1.29 is 28.3 Å². The average Bonchev–Trinajstić information content (AvgIpc) is 3.26. The maximum atomic E-state index is 14.3. The van der Waals surface area contributed by atoms with Gasteiger partial charge in [0, 0.05) is 11.8 Å². The lowest BCUT2D eigenvalue weighted by molar-refractivity contribution is -0.150. The molecular weight excluding hydrogens is 557 g/mol. The van der Waals surface area contributed by atoms with E-state index in [-0.39, 0.29) is 31.0 Å². The number of ether oxygens (including phenoxy) is 1. The molecule has 40 heavy (non-hydrogen) atoms. The number of carbonyl (C=O) groups is 1. The maximum Gasteiger partial charge on any atom is 0.459 e. The number of rotatable bonds is 11. The third-order valence-electron chi connectivity index (χ3n) is 6.21. The van der Waals surface area contributed by atoms with Gasteiger partial charge in [0.05, 0.1) is 29.4 Å². The van der Waals surface area contributed by atoms with Crippen molar-refractivity contribution >= 4 is 42.2 Å². The van der Waals surface area contributed by atoms with Crippen LogP contribution in [0.4, 0.5) is 5.95 Å². The van der Waals surface area contributed by atoms with E-state index < -0.39 is 42.2 Å². The number of nitrogens with two attached hydrogens (primary N) is 1. The van der Waals surface area contributed by atoms with Crippen LogP contribution >= 0.6 is 19.5 Å². The molecule has 14 heteroatoms. The summed E-state index contributed by atoms with van der Waals surface area (Å²) in [5.74, 6) is -0.740. The average molecular weight is 592 g/mol. The van der Waals surface area contributed by atoms with Gasteiger partial charge in [0.15, 0.2) is 0 Å². The second-order valence-corrected chi connectivity index (χ2v) is 13.2. The van der Waals surface area contributed by atoms with Crippen LogP contribution in [0.5, 0.6) is 5.75 Å². The topological polar surface area (TPSA) is 168 Å². The summed E-state index contributed by atoms with van der Waals surface area (Å²) in [7, 11) is -4.22. The van der Waals surface area contributed by atoms with Crippen LogP contribution < -0.4 is 21.0 Å². The number of carbonyl (C=O) groups excluding carboxylic acids is 1. The monoisotopic (exact) mass is 591 g/mol. The number of nitrogens with one attached hydrogen (secondary N) is 1. The predicted molar refractivity (Wildman–Crippen MR) is 153 cm³/mol. The molecule has 4 N–H and O–H groups in total. The van der Waals surface area contributed by atoms with Gasteiger partial charge in [-0.25, -0.2) is 14.3 Å². The fourth-order valence-electron chi connectivity index (χ4n) is 4.20. The Hall–Kier alpha value is -2.96. The molecule has 1 aliphatic rings. The highest BCUT2D eigenvalue weighted by Crippen LogP contribution is 2.49. The predicted octanol–water partition coefficient (Wildman–Crippen LogP) is 3.51. The first-order valence-corrected chi connectivity index (χ1v) is 15.4. The van der Waals surface area contributed by atoms with Crippen LogP contribution in [0.1, 0.15) is 39.5 Å². The number of aliphatic hydroxyl groups is 1. The minimum absolute atomic E-state index is 0.141. The number of hydrogen-bond acceptors (Lipinski definition) is 11. The van der Waals surface area contributed by atoms with Gasteiger partial charge in [0.2, 0.25) is 5.95 Å². The summed E-state index contributed by atoms with van der Waals surface area (Å²) in [5.41, 5.74) is 4.90. The number of thioether (sulfide) groups is 1. The molecule has 2 unspecified atom stereocenters.